The van der Waals surface area contributed by atoms with Crippen LogP contribution in [-0.2, 0) is 0 Å². The van der Waals surface area contributed by atoms with Gasteiger partial charge in [0.2, 0.25) is 0 Å². The molecule has 0 aromatic heterocycles. The standard InChI is InChI=1S/C13H14FN/c1-8(2)13-11-7-10(14)5-3-9(11)4-6-12(13)15/h3-8H,15H2,1-2H3. The van der Waals surface area contributed by atoms with Crippen molar-refractivity contribution in [2.75, 3.05) is 5.73 Å². The lowest BCUT2D eigenvalue weighted by Crippen LogP contribution is -1.97. The molecule has 0 aliphatic rings. The van der Waals surface area contributed by atoms with E-state index in [1.54, 1.807) is 12.1 Å². The fraction of sp³-hybridized carbons (Fsp3) is 0.231. The third-order valence-electron chi connectivity index (χ3n) is 2.64. The number of hydrogen-bond acceptors (Lipinski definition) is 1. The summed E-state index contributed by atoms with van der Waals surface area (Å²) in [6.45, 7) is 4.13. The molecule has 0 heterocycles. The number of fused-ring (bicyclic) bond motifs is 1. The van der Waals surface area contributed by atoms with Crippen molar-refractivity contribution in [2.24, 2.45) is 0 Å². The maximum absolute atomic E-state index is 13.2. The maximum Gasteiger partial charge on any atom is 0.123 e. The number of nitrogen functional groups attached to an aromatic ring is 1. The summed E-state index contributed by atoms with van der Waals surface area (Å²) in [5.74, 6) is 0.0884. The van der Waals surface area contributed by atoms with Crippen LogP contribution in [0.1, 0.15) is 25.3 Å². The Morgan fingerprint density at radius 2 is 1.80 bits per heavy atom. The zero-order valence-electron chi connectivity index (χ0n) is 8.92. The van der Waals surface area contributed by atoms with Crippen molar-refractivity contribution in [3.05, 3.63) is 41.7 Å². The first-order valence-electron chi connectivity index (χ1n) is 5.07. The normalized spacial score (nSPS) is 11.2. The second kappa shape index (κ2) is 3.54. The number of benzene rings is 2. The quantitative estimate of drug-likeness (QED) is 0.703. The van der Waals surface area contributed by atoms with Crippen LogP contribution >= 0.6 is 0 Å². The highest BCUT2D eigenvalue weighted by Crippen LogP contribution is 2.30. The molecule has 0 aliphatic carbocycles. The molecule has 0 saturated carbocycles. The van der Waals surface area contributed by atoms with Crippen LogP contribution in [0.5, 0.6) is 0 Å². The second-order valence-electron chi connectivity index (χ2n) is 4.09. The van der Waals surface area contributed by atoms with Gasteiger partial charge in [-0.05, 0) is 40.5 Å². The van der Waals surface area contributed by atoms with E-state index in [-0.39, 0.29) is 5.82 Å². The molecule has 0 fully saturated rings. The summed E-state index contributed by atoms with van der Waals surface area (Å²) in [7, 11) is 0. The van der Waals surface area contributed by atoms with Crippen molar-refractivity contribution < 1.29 is 4.39 Å². The van der Waals surface area contributed by atoms with Gasteiger partial charge in [-0.1, -0.05) is 26.0 Å². The van der Waals surface area contributed by atoms with E-state index in [2.05, 4.69) is 13.8 Å². The zero-order chi connectivity index (χ0) is 11.0. The van der Waals surface area contributed by atoms with Crippen LogP contribution in [0.25, 0.3) is 10.8 Å². The van der Waals surface area contributed by atoms with E-state index < -0.39 is 0 Å². The Kier molecular flexibility index (Phi) is 2.35. The summed E-state index contributed by atoms with van der Waals surface area (Å²) < 4.78 is 13.2. The van der Waals surface area contributed by atoms with Crippen LogP contribution in [0, 0.1) is 5.82 Å². The molecule has 0 amide bonds. The molecule has 0 saturated heterocycles. The number of halogens is 1. The number of rotatable bonds is 1. The minimum absolute atomic E-state index is 0.213. The Balaban J connectivity index is 2.84. The molecule has 0 spiro atoms. The predicted molar refractivity (Wildman–Crippen MR) is 62.4 cm³/mol. The third-order valence-corrected chi connectivity index (χ3v) is 2.64. The maximum atomic E-state index is 13.2. The highest BCUT2D eigenvalue weighted by molar-refractivity contribution is 5.90. The predicted octanol–water partition coefficient (Wildman–Crippen LogP) is 3.68. The van der Waals surface area contributed by atoms with Gasteiger partial charge in [0.05, 0.1) is 0 Å². The molecule has 0 radical (unpaired) electrons. The topological polar surface area (TPSA) is 26.0 Å². The Morgan fingerprint density at radius 1 is 1.13 bits per heavy atom. The van der Waals surface area contributed by atoms with Gasteiger partial charge in [0.25, 0.3) is 0 Å². The molecule has 0 aliphatic heterocycles. The van der Waals surface area contributed by atoms with Crippen LogP contribution in [0.3, 0.4) is 0 Å². The Bertz CT molecular complexity index is 498. The number of anilines is 1. The molecule has 0 atom stereocenters. The highest BCUT2D eigenvalue weighted by atomic mass is 19.1. The summed E-state index contributed by atoms with van der Waals surface area (Å²) in [5, 5.41) is 1.96. The summed E-state index contributed by atoms with van der Waals surface area (Å²) in [4.78, 5) is 0. The van der Waals surface area contributed by atoms with Crippen molar-refractivity contribution in [3.8, 4) is 0 Å². The third kappa shape index (κ3) is 1.67. The smallest absolute Gasteiger partial charge is 0.123 e. The lowest BCUT2D eigenvalue weighted by atomic mass is 9.94. The molecular formula is C13H14FN. The molecular weight excluding hydrogens is 189 g/mol. The van der Waals surface area contributed by atoms with Gasteiger partial charge in [-0.15, -0.1) is 0 Å². The Morgan fingerprint density at radius 3 is 2.47 bits per heavy atom. The van der Waals surface area contributed by atoms with Crippen molar-refractivity contribution in [1.82, 2.24) is 0 Å². The van der Waals surface area contributed by atoms with Crippen molar-refractivity contribution in [3.63, 3.8) is 0 Å². The number of nitrogens with two attached hydrogens (primary N) is 1. The summed E-state index contributed by atoms with van der Waals surface area (Å²) in [6, 6.07) is 8.63. The molecule has 2 heteroatoms. The molecule has 0 unspecified atom stereocenters. The van der Waals surface area contributed by atoms with E-state index in [4.69, 9.17) is 5.73 Å². The van der Waals surface area contributed by atoms with Gasteiger partial charge in [0.15, 0.2) is 0 Å². The van der Waals surface area contributed by atoms with Crippen molar-refractivity contribution in [2.45, 2.75) is 19.8 Å². The molecule has 2 aromatic rings. The van der Waals surface area contributed by atoms with Crippen LogP contribution in [0.15, 0.2) is 30.3 Å². The van der Waals surface area contributed by atoms with Gasteiger partial charge in [-0.25, -0.2) is 4.39 Å². The minimum Gasteiger partial charge on any atom is -0.398 e. The fourth-order valence-electron chi connectivity index (χ4n) is 1.98. The Labute approximate surface area is 88.7 Å². The van der Waals surface area contributed by atoms with Gasteiger partial charge in [-0.2, -0.15) is 0 Å². The van der Waals surface area contributed by atoms with Crippen molar-refractivity contribution in [1.29, 1.82) is 0 Å². The minimum atomic E-state index is -0.213. The lowest BCUT2D eigenvalue weighted by Gasteiger charge is -2.13. The first-order chi connectivity index (χ1) is 7.09. The van der Waals surface area contributed by atoms with Crippen LogP contribution in [-0.4, -0.2) is 0 Å². The van der Waals surface area contributed by atoms with E-state index in [0.717, 1.165) is 22.0 Å². The molecule has 1 nitrogen and oxygen atoms in total. The van der Waals surface area contributed by atoms with Gasteiger partial charge < -0.3 is 5.73 Å². The van der Waals surface area contributed by atoms with Crippen LogP contribution in [0.2, 0.25) is 0 Å². The van der Waals surface area contributed by atoms with Crippen LogP contribution in [0.4, 0.5) is 10.1 Å². The van der Waals surface area contributed by atoms with Crippen molar-refractivity contribution >= 4 is 16.5 Å². The molecule has 2 aromatic carbocycles. The average molecular weight is 203 g/mol. The average Bonchev–Trinajstić information content (AvgIpc) is 2.16. The van der Waals surface area contributed by atoms with Gasteiger partial charge in [-0.3, -0.25) is 0 Å². The number of hydrogen-bond donors (Lipinski definition) is 1. The molecule has 15 heavy (non-hydrogen) atoms. The summed E-state index contributed by atoms with van der Waals surface area (Å²) in [6.07, 6.45) is 0. The zero-order valence-corrected chi connectivity index (χ0v) is 8.92. The molecule has 78 valence electrons. The van der Waals surface area contributed by atoms with E-state index in [1.807, 2.05) is 12.1 Å². The van der Waals surface area contributed by atoms with E-state index in [9.17, 15) is 4.39 Å². The second-order valence-corrected chi connectivity index (χ2v) is 4.09. The van der Waals surface area contributed by atoms with E-state index in [1.165, 1.54) is 6.07 Å². The fourth-order valence-corrected chi connectivity index (χ4v) is 1.98. The largest absolute Gasteiger partial charge is 0.398 e. The highest BCUT2D eigenvalue weighted by Gasteiger charge is 2.09. The Hall–Kier alpha value is -1.57. The molecule has 2 N–H and O–H groups in total. The summed E-state index contributed by atoms with van der Waals surface area (Å²) >= 11 is 0. The first-order valence-corrected chi connectivity index (χ1v) is 5.07. The first kappa shape index (κ1) is 9.97. The lowest BCUT2D eigenvalue weighted by molar-refractivity contribution is 0.629. The van der Waals surface area contributed by atoms with Gasteiger partial charge >= 0.3 is 0 Å². The van der Waals surface area contributed by atoms with Crippen LogP contribution < -0.4 is 5.73 Å². The SMILES string of the molecule is CC(C)c1c(N)ccc2ccc(F)cc12. The molecule has 0 bridgehead atoms. The van der Waals surface area contributed by atoms with Gasteiger partial charge in [0.1, 0.15) is 5.82 Å². The van der Waals surface area contributed by atoms with Gasteiger partial charge in [0, 0.05) is 5.69 Å². The summed E-state index contributed by atoms with van der Waals surface area (Å²) in [5.41, 5.74) is 7.69. The van der Waals surface area contributed by atoms with E-state index >= 15 is 0 Å². The monoisotopic (exact) mass is 203 g/mol. The van der Waals surface area contributed by atoms with E-state index in [0.29, 0.717) is 5.92 Å². The molecule has 2 rings (SSSR count).